The molecule has 0 amide bonds. The number of hydrazine groups is 1. The Morgan fingerprint density at radius 3 is 1.87 bits per heavy atom. The largest absolute Gasteiger partial charge is 0.270 e. The first-order chi connectivity index (χ1) is 14.7. The molecule has 0 aromatic heterocycles. The van der Waals surface area contributed by atoms with Gasteiger partial charge in [-0.1, -0.05) is 115 Å². The summed E-state index contributed by atoms with van der Waals surface area (Å²) >= 11 is 0. The van der Waals surface area contributed by atoms with Gasteiger partial charge < -0.3 is 0 Å². The molecule has 0 saturated heterocycles. The predicted molar refractivity (Wildman–Crippen MR) is 127 cm³/mol. The van der Waals surface area contributed by atoms with Crippen LogP contribution in [0.1, 0.15) is 30.0 Å². The summed E-state index contributed by atoms with van der Waals surface area (Å²) in [6.45, 7) is 2.14. The maximum Gasteiger partial charge on any atom is 0.0762 e. The van der Waals surface area contributed by atoms with Crippen LogP contribution >= 0.6 is 0 Å². The summed E-state index contributed by atoms with van der Waals surface area (Å²) in [5.41, 5.74) is 10.1. The Labute approximate surface area is 179 Å². The van der Waals surface area contributed by atoms with E-state index in [1.165, 1.54) is 33.4 Å². The number of rotatable bonds is 6. The van der Waals surface area contributed by atoms with Gasteiger partial charge in [-0.15, -0.1) is 0 Å². The Balaban J connectivity index is 1.88. The molecule has 0 radical (unpaired) electrons. The highest BCUT2D eigenvalue weighted by Gasteiger charge is 2.34. The molecule has 3 aromatic rings. The quantitative estimate of drug-likeness (QED) is 0.408. The van der Waals surface area contributed by atoms with Crippen molar-refractivity contribution in [3.63, 3.8) is 0 Å². The van der Waals surface area contributed by atoms with E-state index >= 15 is 0 Å². The van der Waals surface area contributed by atoms with Gasteiger partial charge in [0.05, 0.1) is 5.54 Å². The van der Waals surface area contributed by atoms with Crippen molar-refractivity contribution in [1.29, 1.82) is 0 Å². The van der Waals surface area contributed by atoms with Crippen molar-refractivity contribution in [2.45, 2.75) is 25.3 Å². The molecule has 1 aliphatic rings. The zero-order chi connectivity index (χ0) is 20.8. The summed E-state index contributed by atoms with van der Waals surface area (Å²) < 4.78 is 0. The van der Waals surface area contributed by atoms with Gasteiger partial charge in [-0.05, 0) is 47.6 Å². The van der Waals surface area contributed by atoms with Crippen LogP contribution in [0.25, 0.3) is 5.57 Å². The fourth-order valence-electron chi connectivity index (χ4n) is 4.15. The van der Waals surface area contributed by atoms with Gasteiger partial charge in [0.1, 0.15) is 0 Å². The van der Waals surface area contributed by atoms with Crippen molar-refractivity contribution in [2.24, 2.45) is 5.84 Å². The van der Waals surface area contributed by atoms with Crippen molar-refractivity contribution < 1.29 is 0 Å². The number of allylic oxidation sites excluding steroid dienone is 2. The van der Waals surface area contributed by atoms with Crippen molar-refractivity contribution in [1.82, 2.24) is 5.43 Å². The molecule has 3 aromatic carbocycles. The summed E-state index contributed by atoms with van der Waals surface area (Å²) in [7, 11) is 0. The van der Waals surface area contributed by atoms with E-state index in [1.807, 2.05) is 0 Å². The molecular formula is C28H28N2. The Morgan fingerprint density at radius 1 is 0.800 bits per heavy atom. The highest BCUT2D eigenvalue weighted by Crippen LogP contribution is 2.39. The van der Waals surface area contributed by atoms with E-state index in [0.29, 0.717) is 0 Å². The SMILES string of the molecule is CC1=CC(=C(c2ccccc2)c2ccccc2)C(CCc2ccccc2)(NN)C=C1. The Hall–Kier alpha value is -3.20. The highest BCUT2D eigenvalue weighted by molar-refractivity contribution is 5.86. The van der Waals surface area contributed by atoms with E-state index < -0.39 is 5.54 Å². The second kappa shape index (κ2) is 9.08. The van der Waals surface area contributed by atoms with E-state index in [9.17, 15) is 0 Å². The fourth-order valence-corrected chi connectivity index (χ4v) is 4.15. The molecule has 0 bridgehead atoms. The third-order valence-electron chi connectivity index (χ3n) is 5.79. The standard InChI is InChI=1S/C28H28N2/c1-22-17-19-28(30-29,20-18-23-11-5-2-6-12-23)26(21-22)27(24-13-7-3-8-14-24)25-15-9-4-10-16-25/h2-17,19,21,30H,18,20,29H2,1H3. The van der Waals surface area contributed by atoms with Crippen LogP contribution in [0.2, 0.25) is 0 Å². The highest BCUT2D eigenvalue weighted by atomic mass is 15.3. The van der Waals surface area contributed by atoms with Gasteiger partial charge in [0, 0.05) is 0 Å². The summed E-state index contributed by atoms with van der Waals surface area (Å²) in [4.78, 5) is 0. The molecule has 150 valence electrons. The third kappa shape index (κ3) is 4.20. The van der Waals surface area contributed by atoms with E-state index in [4.69, 9.17) is 5.84 Å². The number of hydrogen-bond donors (Lipinski definition) is 2. The maximum absolute atomic E-state index is 6.27. The molecule has 0 saturated carbocycles. The first-order valence-electron chi connectivity index (χ1n) is 10.5. The van der Waals surface area contributed by atoms with Crippen LogP contribution in [0.4, 0.5) is 0 Å². The molecule has 1 aliphatic carbocycles. The summed E-state index contributed by atoms with van der Waals surface area (Å²) in [5.74, 6) is 6.27. The van der Waals surface area contributed by atoms with Crippen molar-refractivity contribution in [3.05, 3.63) is 137 Å². The summed E-state index contributed by atoms with van der Waals surface area (Å²) in [6, 6.07) is 31.8. The molecule has 0 heterocycles. The summed E-state index contributed by atoms with van der Waals surface area (Å²) in [6.07, 6.45) is 8.48. The number of hydrogen-bond acceptors (Lipinski definition) is 2. The minimum absolute atomic E-state index is 0.448. The Kier molecular flexibility index (Phi) is 6.08. The van der Waals surface area contributed by atoms with Gasteiger partial charge in [0.25, 0.3) is 0 Å². The lowest BCUT2D eigenvalue weighted by Gasteiger charge is -2.36. The molecule has 1 atom stereocenters. The Bertz CT molecular complexity index is 1020. The molecule has 2 nitrogen and oxygen atoms in total. The smallest absolute Gasteiger partial charge is 0.0762 e. The first-order valence-corrected chi connectivity index (χ1v) is 10.5. The zero-order valence-corrected chi connectivity index (χ0v) is 17.4. The van der Waals surface area contributed by atoms with Crippen LogP contribution in [0, 0.1) is 0 Å². The topological polar surface area (TPSA) is 38.0 Å². The lowest BCUT2D eigenvalue weighted by atomic mass is 9.75. The lowest BCUT2D eigenvalue weighted by Crippen LogP contribution is -2.50. The van der Waals surface area contributed by atoms with Gasteiger partial charge in [-0.3, -0.25) is 5.84 Å². The van der Waals surface area contributed by atoms with Crippen molar-refractivity contribution in [3.8, 4) is 0 Å². The van der Waals surface area contributed by atoms with Gasteiger partial charge in [0.15, 0.2) is 0 Å². The minimum Gasteiger partial charge on any atom is -0.270 e. The van der Waals surface area contributed by atoms with Crippen LogP contribution in [0.5, 0.6) is 0 Å². The molecule has 2 heteroatoms. The van der Waals surface area contributed by atoms with Crippen LogP contribution in [-0.4, -0.2) is 5.54 Å². The van der Waals surface area contributed by atoms with Gasteiger partial charge in [-0.25, -0.2) is 5.43 Å². The average Bonchev–Trinajstić information content (AvgIpc) is 2.81. The molecule has 0 aliphatic heterocycles. The first kappa shape index (κ1) is 20.1. The number of nitrogens with one attached hydrogen (secondary N) is 1. The van der Waals surface area contributed by atoms with Crippen LogP contribution in [0.15, 0.2) is 120 Å². The fraction of sp³-hybridized carbons (Fsp3) is 0.143. The van der Waals surface area contributed by atoms with E-state index in [1.54, 1.807) is 0 Å². The minimum atomic E-state index is -0.448. The normalized spacial score (nSPS) is 18.2. The lowest BCUT2D eigenvalue weighted by molar-refractivity contribution is 0.447. The van der Waals surface area contributed by atoms with Crippen molar-refractivity contribution in [2.75, 3.05) is 0 Å². The Morgan fingerprint density at radius 2 is 1.33 bits per heavy atom. The monoisotopic (exact) mass is 392 g/mol. The maximum atomic E-state index is 6.27. The van der Waals surface area contributed by atoms with Crippen LogP contribution < -0.4 is 11.3 Å². The van der Waals surface area contributed by atoms with Crippen molar-refractivity contribution >= 4 is 5.57 Å². The number of nitrogens with two attached hydrogens (primary N) is 1. The third-order valence-corrected chi connectivity index (χ3v) is 5.79. The van der Waals surface area contributed by atoms with E-state index in [2.05, 4.69) is 122 Å². The van der Waals surface area contributed by atoms with Gasteiger partial charge >= 0.3 is 0 Å². The predicted octanol–water partition coefficient (Wildman–Crippen LogP) is 5.84. The molecule has 0 fully saturated rings. The molecular weight excluding hydrogens is 364 g/mol. The van der Waals surface area contributed by atoms with E-state index in [0.717, 1.165) is 12.8 Å². The molecule has 4 rings (SSSR count). The van der Waals surface area contributed by atoms with Gasteiger partial charge in [-0.2, -0.15) is 0 Å². The zero-order valence-electron chi connectivity index (χ0n) is 17.4. The van der Waals surface area contributed by atoms with E-state index in [-0.39, 0.29) is 0 Å². The molecule has 1 unspecified atom stereocenters. The number of aryl methyl sites for hydroxylation is 1. The second-order valence-corrected chi connectivity index (χ2v) is 7.84. The molecule has 0 spiro atoms. The second-order valence-electron chi connectivity index (χ2n) is 7.84. The van der Waals surface area contributed by atoms with Crippen LogP contribution in [0.3, 0.4) is 0 Å². The summed E-state index contributed by atoms with van der Waals surface area (Å²) in [5, 5.41) is 0. The average molecular weight is 393 g/mol. The number of benzene rings is 3. The molecule has 3 N–H and O–H groups in total. The van der Waals surface area contributed by atoms with Crippen LogP contribution in [-0.2, 0) is 6.42 Å². The van der Waals surface area contributed by atoms with Gasteiger partial charge in [0.2, 0.25) is 0 Å². The molecule has 30 heavy (non-hydrogen) atoms.